The number of nitrogens with zero attached hydrogens (tertiary/aromatic N) is 2. The zero-order chi connectivity index (χ0) is 17.4. The molecule has 3 heterocycles. The second-order valence-electron chi connectivity index (χ2n) is 5.47. The molecule has 4 aromatic rings. The second kappa shape index (κ2) is 5.99. The number of carbonyl (C=O) groups is 1. The summed E-state index contributed by atoms with van der Waals surface area (Å²) in [6, 6.07) is 15.6. The van der Waals surface area contributed by atoms with Gasteiger partial charge in [0.2, 0.25) is 0 Å². The fourth-order valence-electron chi connectivity index (χ4n) is 2.80. The molecule has 0 unspecified atom stereocenters. The van der Waals surface area contributed by atoms with Gasteiger partial charge in [-0.05, 0) is 18.2 Å². The van der Waals surface area contributed by atoms with E-state index in [0.29, 0.717) is 32.0 Å². The van der Waals surface area contributed by atoms with Crippen LogP contribution in [0, 0.1) is 0 Å². The van der Waals surface area contributed by atoms with Gasteiger partial charge in [-0.25, -0.2) is 0 Å². The lowest BCUT2D eigenvalue weighted by molar-refractivity contribution is 0.104. The second-order valence-corrected chi connectivity index (χ2v) is 6.50. The van der Waals surface area contributed by atoms with Crippen molar-refractivity contribution in [3.63, 3.8) is 0 Å². The molecule has 0 aliphatic heterocycles. The molecule has 5 nitrogen and oxygen atoms in total. The lowest BCUT2D eigenvalue weighted by Gasteiger charge is -2.06. The van der Waals surface area contributed by atoms with Crippen molar-refractivity contribution in [2.24, 2.45) is 0 Å². The molecule has 4 rings (SSSR count). The van der Waals surface area contributed by atoms with Gasteiger partial charge in [0, 0.05) is 23.2 Å². The van der Waals surface area contributed by atoms with Crippen LogP contribution in [-0.2, 0) is 0 Å². The number of ketones is 1. The number of thiophene rings is 1. The number of nitrogen functional groups attached to an aromatic ring is 1. The molecule has 0 amide bonds. The van der Waals surface area contributed by atoms with Crippen LogP contribution in [0.3, 0.4) is 0 Å². The average Bonchev–Trinajstić information content (AvgIpc) is 2.98. The minimum absolute atomic E-state index is 0.152. The molecule has 0 aliphatic rings. The highest BCUT2D eigenvalue weighted by Gasteiger charge is 2.21. The maximum Gasteiger partial charge on any atom is 0.256 e. The standard InChI is InChI=1S/C19H13N3O2S/c20-18-16(17(24)12-5-2-1-3-6-12)14-8-9-15(23)22(19(14)25-18)13-7-4-10-21-11-13/h1-11H,20H2. The van der Waals surface area contributed by atoms with Crippen LogP contribution in [0.5, 0.6) is 0 Å². The Bertz CT molecular complexity index is 1130. The smallest absolute Gasteiger partial charge is 0.256 e. The van der Waals surface area contributed by atoms with Gasteiger partial charge in [0.1, 0.15) is 4.83 Å². The van der Waals surface area contributed by atoms with Crippen molar-refractivity contribution in [3.8, 4) is 5.69 Å². The van der Waals surface area contributed by atoms with E-state index >= 15 is 0 Å². The van der Waals surface area contributed by atoms with Gasteiger partial charge in [-0.1, -0.05) is 41.7 Å². The number of rotatable bonds is 3. The number of benzene rings is 1. The van der Waals surface area contributed by atoms with Crippen molar-refractivity contribution in [3.05, 3.63) is 88.5 Å². The van der Waals surface area contributed by atoms with Gasteiger partial charge >= 0.3 is 0 Å². The van der Waals surface area contributed by atoms with E-state index in [-0.39, 0.29) is 11.3 Å². The Labute approximate surface area is 147 Å². The first kappa shape index (κ1) is 15.3. The molecule has 0 aliphatic carbocycles. The van der Waals surface area contributed by atoms with E-state index in [1.54, 1.807) is 42.7 Å². The Balaban J connectivity index is 1.99. The molecule has 6 heteroatoms. The maximum absolute atomic E-state index is 12.9. The van der Waals surface area contributed by atoms with E-state index in [1.165, 1.54) is 22.0 Å². The average molecular weight is 347 g/mol. The number of nitrogens with two attached hydrogens (primary N) is 1. The predicted molar refractivity (Wildman–Crippen MR) is 99.5 cm³/mol. The first-order valence-electron chi connectivity index (χ1n) is 7.61. The van der Waals surface area contributed by atoms with Gasteiger partial charge in [0.25, 0.3) is 5.56 Å². The molecular weight excluding hydrogens is 334 g/mol. The van der Waals surface area contributed by atoms with Crippen LogP contribution < -0.4 is 11.3 Å². The number of carbonyl (C=O) groups excluding carboxylic acids is 1. The van der Waals surface area contributed by atoms with E-state index in [4.69, 9.17) is 5.73 Å². The molecular formula is C19H13N3O2S. The molecule has 25 heavy (non-hydrogen) atoms. The summed E-state index contributed by atoms with van der Waals surface area (Å²) in [6.45, 7) is 0. The molecule has 122 valence electrons. The number of anilines is 1. The molecule has 0 spiro atoms. The zero-order valence-electron chi connectivity index (χ0n) is 13.0. The summed E-state index contributed by atoms with van der Waals surface area (Å²) in [6.07, 6.45) is 3.25. The normalized spacial score (nSPS) is 10.9. The van der Waals surface area contributed by atoms with Crippen LogP contribution in [0.2, 0.25) is 0 Å². The SMILES string of the molecule is Nc1sc2c(ccc(=O)n2-c2cccnc2)c1C(=O)c1ccccc1. The van der Waals surface area contributed by atoms with Crippen LogP contribution in [0.1, 0.15) is 15.9 Å². The summed E-state index contributed by atoms with van der Waals surface area (Å²) in [5.41, 5.74) is 7.60. The summed E-state index contributed by atoms with van der Waals surface area (Å²) >= 11 is 1.23. The topological polar surface area (TPSA) is 78.0 Å². The van der Waals surface area contributed by atoms with Crippen molar-refractivity contribution < 1.29 is 4.79 Å². The first-order chi connectivity index (χ1) is 12.2. The van der Waals surface area contributed by atoms with Crippen LogP contribution in [0.25, 0.3) is 15.9 Å². The third-order valence-electron chi connectivity index (χ3n) is 3.94. The maximum atomic E-state index is 12.9. The van der Waals surface area contributed by atoms with E-state index in [9.17, 15) is 9.59 Å². The van der Waals surface area contributed by atoms with Crippen molar-refractivity contribution in [2.45, 2.75) is 0 Å². The van der Waals surface area contributed by atoms with Gasteiger partial charge in [-0.15, -0.1) is 0 Å². The Morgan fingerprint density at radius 3 is 2.56 bits per heavy atom. The predicted octanol–water partition coefficient (Wildman–Crippen LogP) is 3.26. The van der Waals surface area contributed by atoms with Crippen molar-refractivity contribution >= 4 is 32.3 Å². The zero-order valence-corrected chi connectivity index (χ0v) is 13.9. The van der Waals surface area contributed by atoms with Gasteiger partial charge < -0.3 is 5.73 Å². The third-order valence-corrected chi connectivity index (χ3v) is 4.96. The number of hydrogen-bond donors (Lipinski definition) is 1. The lowest BCUT2D eigenvalue weighted by Crippen LogP contribution is -2.16. The van der Waals surface area contributed by atoms with Gasteiger partial charge in [0.15, 0.2) is 5.78 Å². The summed E-state index contributed by atoms with van der Waals surface area (Å²) in [5, 5.41) is 1.06. The van der Waals surface area contributed by atoms with E-state index in [2.05, 4.69) is 4.98 Å². The Morgan fingerprint density at radius 1 is 1.04 bits per heavy atom. The first-order valence-corrected chi connectivity index (χ1v) is 8.42. The molecule has 0 atom stereocenters. The monoisotopic (exact) mass is 347 g/mol. The Morgan fingerprint density at radius 2 is 1.84 bits per heavy atom. The highest BCUT2D eigenvalue weighted by molar-refractivity contribution is 7.22. The number of aromatic nitrogens is 2. The van der Waals surface area contributed by atoms with Crippen molar-refractivity contribution in [1.29, 1.82) is 0 Å². The van der Waals surface area contributed by atoms with Gasteiger partial charge in [-0.2, -0.15) is 0 Å². The van der Waals surface area contributed by atoms with Crippen LogP contribution in [0.4, 0.5) is 5.00 Å². The fourth-order valence-corrected chi connectivity index (χ4v) is 3.88. The largest absolute Gasteiger partial charge is 0.390 e. The molecule has 0 saturated heterocycles. The fraction of sp³-hybridized carbons (Fsp3) is 0. The lowest BCUT2D eigenvalue weighted by atomic mass is 10.0. The number of pyridine rings is 2. The van der Waals surface area contributed by atoms with Crippen LogP contribution >= 0.6 is 11.3 Å². The highest BCUT2D eigenvalue weighted by atomic mass is 32.1. The Hall–Kier alpha value is -3.25. The Kier molecular flexibility index (Phi) is 3.66. The van der Waals surface area contributed by atoms with Crippen LogP contribution in [0.15, 0.2) is 71.8 Å². The van der Waals surface area contributed by atoms with Crippen molar-refractivity contribution in [1.82, 2.24) is 9.55 Å². The molecule has 0 fully saturated rings. The summed E-state index contributed by atoms with van der Waals surface area (Å²) < 4.78 is 1.53. The number of fused-ring (bicyclic) bond motifs is 1. The summed E-state index contributed by atoms with van der Waals surface area (Å²) in [4.78, 5) is 30.0. The van der Waals surface area contributed by atoms with E-state index < -0.39 is 0 Å². The third kappa shape index (κ3) is 2.53. The van der Waals surface area contributed by atoms with E-state index in [1.807, 2.05) is 18.2 Å². The van der Waals surface area contributed by atoms with Gasteiger partial charge in [0.05, 0.1) is 22.4 Å². The van der Waals surface area contributed by atoms with Crippen molar-refractivity contribution in [2.75, 3.05) is 5.73 Å². The molecule has 2 N–H and O–H groups in total. The number of hydrogen-bond acceptors (Lipinski definition) is 5. The van der Waals surface area contributed by atoms with Gasteiger partial charge in [-0.3, -0.25) is 19.1 Å². The molecule has 0 bridgehead atoms. The highest BCUT2D eigenvalue weighted by Crippen LogP contribution is 2.35. The van der Waals surface area contributed by atoms with E-state index in [0.717, 1.165) is 0 Å². The molecule has 0 saturated carbocycles. The quantitative estimate of drug-likeness (QED) is 0.577. The minimum atomic E-state index is -0.194. The summed E-state index contributed by atoms with van der Waals surface area (Å²) in [5.74, 6) is -0.152. The molecule has 0 radical (unpaired) electrons. The molecule has 3 aromatic heterocycles. The minimum Gasteiger partial charge on any atom is -0.390 e. The summed E-state index contributed by atoms with van der Waals surface area (Å²) in [7, 11) is 0. The van der Waals surface area contributed by atoms with Crippen LogP contribution in [-0.4, -0.2) is 15.3 Å². The molecule has 1 aromatic carbocycles.